The third-order valence-electron chi connectivity index (χ3n) is 4.33. The molecule has 0 aliphatic carbocycles. The first-order chi connectivity index (χ1) is 15.1. The molecule has 0 spiro atoms. The third-order valence-corrected chi connectivity index (χ3v) is 5.23. The van der Waals surface area contributed by atoms with Gasteiger partial charge in [-0.15, -0.1) is 0 Å². The molecular weight excluding hydrogens is 535 g/mol. The summed E-state index contributed by atoms with van der Waals surface area (Å²) in [5.74, 6) is -0.417. The first-order valence-corrected chi connectivity index (χ1v) is 10.6. The van der Waals surface area contributed by atoms with Gasteiger partial charge in [-0.05, 0) is 54.1 Å². The molecule has 32 heavy (non-hydrogen) atoms. The summed E-state index contributed by atoms with van der Waals surface area (Å²) in [6.07, 6.45) is -3.34. The Hall–Kier alpha value is -2.76. The molecule has 0 fully saturated rings. The number of amides is 1. The number of oxime groups is 2. The minimum absolute atomic E-state index is 0.0000355. The number of aryl methyl sites for hydroxylation is 1. The van der Waals surface area contributed by atoms with Crippen LogP contribution in [0.2, 0.25) is 0 Å². The molecule has 0 radical (unpaired) electrons. The van der Waals surface area contributed by atoms with Crippen LogP contribution in [0.15, 0.2) is 46.7 Å². The summed E-state index contributed by atoms with van der Waals surface area (Å²) >= 11 is 2.02. The normalized spacial score (nSPS) is 12.4. The lowest BCUT2D eigenvalue weighted by molar-refractivity contribution is -0.159. The maximum atomic E-state index is 13.4. The van der Waals surface area contributed by atoms with Gasteiger partial charge in [-0.3, -0.25) is 4.79 Å². The molecule has 0 aliphatic rings. The van der Waals surface area contributed by atoms with Gasteiger partial charge in [0.1, 0.15) is 19.5 Å². The molecule has 2 aromatic carbocycles. The van der Waals surface area contributed by atoms with E-state index < -0.39 is 12.0 Å². The maximum Gasteiger partial charge on any atom is 0.394 e. The molecule has 1 N–H and O–H groups in total. The van der Waals surface area contributed by atoms with E-state index >= 15 is 0 Å². The van der Waals surface area contributed by atoms with Crippen LogP contribution in [-0.2, 0) is 21.1 Å². The number of nitrogens with one attached hydrogen (secondary N) is 1. The molecule has 1 amide bonds. The molecule has 0 aromatic heterocycles. The summed E-state index contributed by atoms with van der Waals surface area (Å²) < 4.78 is 32.3. The van der Waals surface area contributed by atoms with Gasteiger partial charge >= 0.3 is 6.11 Å². The van der Waals surface area contributed by atoms with Crippen molar-refractivity contribution in [2.45, 2.75) is 33.5 Å². The second-order valence-electron chi connectivity index (χ2n) is 6.78. The minimum atomic E-state index is -3.34. The molecule has 172 valence electrons. The quantitative estimate of drug-likeness (QED) is 0.276. The van der Waals surface area contributed by atoms with E-state index in [-0.39, 0.29) is 18.1 Å². The fraction of sp³-hybridized carbons (Fsp3) is 0.318. The summed E-state index contributed by atoms with van der Waals surface area (Å²) in [5.41, 5.74) is 2.93. The van der Waals surface area contributed by atoms with E-state index in [9.17, 15) is 13.6 Å². The van der Waals surface area contributed by atoms with Crippen LogP contribution in [0.5, 0.6) is 5.75 Å². The van der Waals surface area contributed by atoms with Crippen LogP contribution in [0.1, 0.15) is 36.1 Å². The van der Waals surface area contributed by atoms with Gasteiger partial charge in [0.15, 0.2) is 5.71 Å². The summed E-state index contributed by atoms with van der Waals surface area (Å²) in [6.45, 7) is 4.19. The molecule has 0 aliphatic heterocycles. The smallest absolute Gasteiger partial charge is 0.394 e. The number of hydrogen-bond acceptors (Lipinski definition) is 6. The van der Waals surface area contributed by atoms with Gasteiger partial charge < -0.3 is 19.7 Å². The molecule has 10 heteroatoms. The Morgan fingerprint density at radius 3 is 2.50 bits per heavy atom. The lowest BCUT2D eigenvalue weighted by Crippen LogP contribution is -2.29. The van der Waals surface area contributed by atoms with Crippen molar-refractivity contribution in [3.63, 3.8) is 0 Å². The lowest BCUT2D eigenvalue weighted by Gasteiger charge is -2.17. The van der Waals surface area contributed by atoms with Crippen LogP contribution in [0, 0.1) is 10.5 Å². The van der Waals surface area contributed by atoms with Gasteiger partial charge in [-0.25, -0.2) is 0 Å². The van der Waals surface area contributed by atoms with Gasteiger partial charge in [0.05, 0.1) is 11.3 Å². The maximum absolute atomic E-state index is 13.4. The van der Waals surface area contributed by atoms with E-state index in [1.165, 1.54) is 20.2 Å². The fourth-order valence-electron chi connectivity index (χ4n) is 2.91. The van der Waals surface area contributed by atoms with E-state index in [2.05, 4.69) is 15.6 Å². The number of carbonyl (C=O) groups is 1. The number of rotatable bonds is 9. The summed E-state index contributed by atoms with van der Waals surface area (Å²) in [6, 6.07) is 10.2. The number of ether oxygens (including phenoxy) is 1. The number of hydrogen-bond donors (Lipinski definition) is 1. The Labute approximate surface area is 198 Å². The van der Waals surface area contributed by atoms with Gasteiger partial charge in [0.2, 0.25) is 0 Å². The topological polar surface area (TPSA) is 81.5 Å². The van der Waals surface area contributed by atoms with Crippen molar-refractivity contribution in [2.24, 2.45) is 10.3 Å². The molecule has 0 unspecified atom stereocenters. The standard InChI is InChI=1S/C22H24F2IN3O4/c1-13-8-6-9-15(20(28-30-5)21(29)26-4)16(13)12-31-27-14(2)19-17(25)10-7-11-18(19)32-22(3,23)24/h6-11H,12H2,1-5H3,(H,26,29)/b27-14+,28-20+. The number of halogens is 3. The van der Waals surface area contributed by atoms with E-state index in [1.807, 2.05) is 35.6 Å². The van der Waals surface area contributed by atoms with E-state index in [0.29, 0.717) is 32.9 Å². The van der Waals surface area contributed by atoms with Crippen molar-refractivity contribution < 1.29 is 28.0 Å². The predicted molar refractivity (Wildman–Crippen MR) is 126 cm³/mol. The SMILES string of the molecule is CNC(=O)/C(=N/OC)c1cccc(C)c1CO/N=C(\C)c1c(I)cccc1OC(C)(F)F. The molecule has 2 aromatic rings. The van der Waals surface area contributed by atoms with Crippen LogP contribution < -0.4 is 10.1 Å². The summed E-state index contributed by atoms with van der Waals surface area (Å²) in [7, 11) is 2.84. The van der Waals surface area contributed by atoms with Crippen molar-refractivity contribution >= 4 is 39.9 Å². The first-order valence-electron chi connectivity index (χ1n) is 9.53. The van der Waals surface area contributed by atoms with Crippen LogP contribution >= 0.6 is 22.6 Å². The zero-order chi connectivity index (χ0) is 23.9. The molecule has 7 nitrogen and oxygen atoms in total. The third kappa shape index (κ3) is 6.62. The Morgan fingerprint density at radius 1 is 1.19 bits per heavy atom. The van der Waals surface area contributed by atoms with Gasteiger partial charge in [0, 0.05) is 28.7 Å². The average molecular weight is 559 g/mol. The molecule has 0 saturated heterocycles. The number of carbonyl (C=O) groups excluding carboxylic acids is 1. The molecule has 0 saturated carbocycles. The van der Waals surface area contributed by atoms with Gasteiger partial charge in [-0.2, -0.15) is 8.78 Å². The van der Waals surface area contributed by atoms with Crippen molar-refractivity contribution in [2.75, 3.05) is 14.2 Å². The number of nitrogens with zero attached hydrogens (tertiary/aromatic N) is 2. The zero-order valence-corrected chi connectivity index (χ0v) is 20.5. The number of benzene rings is 2. The highest BCUT2D eigenvalue weighted by molar-refractivity contribution is 14.1. The minimum Gasteiger partial charge on any atom is -0.432 e. The molecule has 0 heterocycles. The van der Waals surface area contributed by atoms with Crippen LogP contribution in [0.3, 0.4) is 0 Å². The lowest BCUT2D eigenvalue weighted by atomic mass is 9.98. The monoisotopic (exact) mass is 559 g/mol. The summed E-state index contributed by atoms with van der Waals surface area (Å²) in [4.78, 5) is 22.6. The van der Waals surface area contributed by atoms with Gasteiger partial charge in [0.25, 0.3) is 5.91 Å². The predicted octanol–water partition coefficient (Wildman–Crippen LogP) is 4.63. The average Bonchev–Trinajstić information content (AvgIpc) is 2.71. The molecular formula is C22H24F2IN3O4. The largest absolute Gasteiger partial charge is 0.432 e. The van der Waals surface area contributed by atoms with Crippen molar-refractivity contribution in [3.8, 4) is 5.75 Å². The molecule has 2 rings (SSSR count). The second-order valence-corrected chi connectivity index (χ2v) is 7.94. The fourth-order valence-corrected chi connectivity index (χ4v) is 3.77. The van der Waals surface area contributed by atoms with E-state index in [4.69, 9.17) is 14.4 Å². The number of alkyl halides is 2. The zero-order valence-electron chi connectivity index (χ0n) is 18.3. The molecule has 0 atom stereocenters. The van der Waals surface area contributed by atoms with Crippen LogP contribution in [-0.4, -0.2) is 37.6 Å². The van der Waals surface area contributed by atoms with Crippen LogP contribution in [0.25, 0.3) is 0 Å². The highest BCUT2D eigenvalue weighted by Gasteiger charge is 2.26. The molecule has 0 bridgehead atoms. The van der Waals surface area contributed by atoms with Crippen molar-refractivity contribution in [1.29, 1.82) is 0 Å². The highest BCUT2D eigenvalue weighted by atomic mass is 127. The first kappa shape index (κ1) is 25.5. The van der Waals surface area contributed by atoms with Crippen molar-refractivity contribution in [1.82, 2.24) is 5.32 Å². The van der Waals surface area contributed by atoms with Gasteiger partial charge in [-0.1, -0.05) is 34.6 Å². The summed E-state index contributed by atoms with van der Waals surface area (Å²) in [5, 5.41) is 10.5. The van der Waals surface area contributed by atoms with E-state index in [1.54, 1.807) is 31.2 Å². The Balaban J connectivity index is 2.35. The Kier molecular flexibility index (Phi) is 8.93. The van der Waals surface area contributed by atoms with Crippen molar-refractivity contribution in [3.05, 3.63) is 62.2 Å². The highest BCUT2D eigenvalue weighted by Crippen LogP contribution is 2.29. The number of likely N-dealkylation sites (N-methyl/N-ethyl adjacent to an activating group) is 1. The Morgan fingerprint density at radius 2 is 1.88 bits per heavy atom. The Bertz CT molecular complexity index is 1040. The van der Waals surface area contributed by atoms with Crippen LogP contribution in [0.4, 0.5) is 8.78 Å². The second kappa shape index (κ2) is 11.2. The van der Waals surface area contributed by atoms with E-state index in [0.717, 1.165) is 5.56 Å².